The van der Waals surface area contributed by atoms with E-state index >= 15 is 0 Å². The molecule has 0 fully saturated rings. The number of hydrogen-bond donors (Lipinski definition) is 1. The first-order chi connectivity index (χ1) is 15.4. The van der Waals surface area contributed by atoms with E-state index in [-0.39, 0.29) is 94.4 Å². The first kappa shape index (κ1) is 43.3. The second kappa shape index (κ2) is 25.5. The molecular formula is C23H33N2Na3O7S. The number of carboxylic acid groups (broad SMARTS) is 3. The fourth-order valence-corrected chi connectivity index (χ4v) is 3.64. The standard InChI is InChI=1S/C23H36N2O7S.3Na/c1-16(2)7-5-8-17(3)9-6-10-18(4)11-12-33-15-19(22(30)31)24-23(32)25(13-20(26)27)14-21(28)29;;;/h7,9,11,19H,5-6,8,10,12-15H2,1-4H3,(H,24,32)(H,26,27)(H,28,29)(H,30,31);;;/q;3*+1/p-3/b17-9+,18-11+;;;/t19-;;;/m0.../s1. The predicted octanol–water partition coefficient (Wildman–Crippen LogP) is -9.22. The fourth-order valence-electron chi connectivity index (χ4n) is 2.65. The van der Waals surface area contributed by atoms with Gasteiger partial charge in [0.1, 0.15) is 0 Å². The third-order valence-corrected chi connectivity index (χ3v) is 5.44. The Balaban J connectivity index is -0.00000171. The predicted molar refractivity (Wildman–Crippen MR) is 122 cm³/mol. The minimum Gasteiger partial charge on any atom is -0.548 e. The minimum absolute atomic E-state index is 0. The van der Waals surface area contributed by atoms with Crippen LogP contribution in [0.15, 0.2) is 34.9 Å². The van der Waals surface area contributed by atoms with E-state index in [0.29, 0.717) is 10.7 Å². The van der Waals surface area contributed by atoms with Crippen molar-refractivity contribution in [1.29, 1.82) is 0 Å². The molecule has 0 aromatic heterocycles. The van der Waals surface area contributed by atoms with Gasteiger partial charge in [0, 0.05) is 11.5 Å². The maximum atomic E-state index is 12.1. The minimum atomic E-state index is -1.69. The maximum absolute atomic E-state index is 12.1. The number of aliphatic carboxylic acids is 3. The van der Waals surface area contributed by atoms with Gasteiger partial charge in [-0.3, -0.25) is 0 Å². The number of carbonyl (C=O) groups is 4. The molecule has 0 rings (SSSR count). The topological polar surface area (TPSA) is 153 Å². The molecule has 0 saturated heterocycles. The van der Waals surface area contributed by atoms with Gasteiger partial charge in [-0.2, -0.15) is 11.8 Å². The van der Waals surface area contributed by atoms with Crippen molar-refractivity contribution in [3.63, 3.8) is 0 Å². The van der Waals surface area contributed by atoms with E-state index in [0.717, 1.165) is 31.3 Å². The molecule has 9 nitrogen and oxygen atoms in total. The van der Waals surface area contributed by atoms with Crippen LogP contribution in [0.25, 0.3) is 0 Å². The molecule has 0 radical (unpaired) electrons. The zero-order valence-electron chi connectivity index (χ0n) is 22.7. The first-order valence-corrected chi connectivity index (χ1v) is 11.8. The SMILES string of the molecule is CC(C)=CCC/C(C)=C/CC/C(C)=C/CSC[C@H](NC(=O)N(CC(=O)[O-])CC(=O)[O-])C(=O)[O-].[Na+].[Na+].[Na+]. The summed E-state index contributed by atoms with van der Waals surface area (Å²) in [7, 11) is 0. The number of amides is 2. The van der Waals surface area contributed by atoms with Crippen molar-refractivity contribution in [3.8, 4) is 0 Å². The van der Waals surface area contributed by atoms with Crippen molar-refractivity contribution in [2.24, 2.45) is 0 Å². The van der Waals surface area contributed by atoms with E-state index in [1.165, 1.54) is 22.9 Å². The average molecular weight is 551 g/mol. The van der Waals surface area contributed by atoms with Crippen molar-refractivity contribution < 1.29 is 123 Å². The summed E-state index contributed by atoms with van der Waals surface area (Å²) < 4.78 is 0. The van der Waals surface area contributed by atoms with Crippen molar-refractivity contribution >= 4 is 35.7 Å². The van der Waals surface area contributed by atoms with E-state index in [9.17, 15) is 34.5 Å². The number of hydrogen-bond acceptors (Lipinski definition) is 8. The van der Waals surface area contributed by atoms with Crippen LogP contribution in [-0.2, 0) is 14.4 Å². The van der Waals surface area contributed by atoms with Crippen molar-refractivity contribution in [1.82, 2.24) is 10.2 Å². The summed E-state index contributed by atoms with van der Waals surface area (Å²) in [5.41, 5.74) is 3.81. The van der Waals surface area contributed by atoms with E-state index in [2.05, 4.69) is 38.2 Å². The third kappa shape index (κ3) is 24.6. The number of thioether (sulfide) groups is 1. The molecule has 0 saturated carbocycles. The molecule has 186 valence electrons. The summed E-state index contributed by atoms with van der Waals surface area (Å²) in [5.74, 6) is -4.47. The largest absolute Gasteiger partial charge is 1.00 e. The van der Waals surface area contributed by atoms with Gasteiger partial charge in [-0.25, -0.2) is 4.79 Å². The molecule has 0 unspecified atom stereocenters. The van der Waals surface area contributed by atoms with Crippen LogP contribution in [0, 0.1) is 0 Å². The van der Waals surface area contributed by atoms with Gasteiger partial charge in [0.25, 0.3) is 0 Å². The summed E-state index contributed by atoms with van der Waals surface area (Å²) in [6.45, 7) is 6.23. The van der Waals surface area contributed by atoms with Gasteiger partial charge in [-0.15, -0.1) is 0 Å². The van der Waals surface area contributed by atoms with Crippen molar-refractivity contribution in [3.05, 3.63) is 34.9 Å². The summed E-state index contributed by atoms with van der Waals surface area (Å²) in [5, 5.41) is 34.7. The number of carbonyl (C=O) groups excluding carboxylic acids is 4. The molecule has 1 atom stereocenters. The van der Waals surface area contributed by atoms with Crippen LogP contribution in [-0.4, -0.2) is 59.5 Å². The van der Waals surface area contributed by atoms with Crippen molar-refractivity contribution in [2.75, 3.05) is 24.6 Å². The number of nitrogens with zero attached hydrogens (tertiary/aromatic N) is 1. The van der Waals surface area contributed by atoms with Gasteiger partial charge in [-0.05, 0) is 53.4 Å². The van der Waals surface area contributed by atoms with Gasteiger partial charge in [0.2, 0.25) is 0 Å². The van der Waals surface area contributed by atoms with Gasteiger partial charge in [0.15, 0.2) is 0 Å². The molecule has 0 heterocycles. The molecule has 0 aliphatic rings. The van der Waals surface area contributed by atoms with Crippen LogP contribution >= 0.6 is 11.8 Å². The van der Waals surface area contributed by atoms with E-state index < -0.39 is 43.1 Å². The molecule has 0 spiro atoms. The van der Waals surface area contributed by atoms with Crippen LogP contribution < -0.4 is 109 Å². The van der Waals surface area contributed by atoms with E-state index in [4.69, 9.17) is 0 Å². The third-order valence-electron chi connectivity index (χ3n) is 4.47. The molecule has 1 N–H and O–H groups in total. The molecule has 13 heteroatoms. The Bertz CT molecular complexity index is 770. The Labute approximate surface area is 284 Å². The second-order valence-corrected chi connectivity index (χ2v) is 8.99. The monoisotopic (exact) mass is 550 g/mol. The Kier molecular flexibility index (Phi) is 30.7. The molecule has 36 heavy (non-hydrogen) atoms. The molecule has 0 aromatic carbocycles. The number of rotatable bonds is 16. The smallest absolute Gasteiger partial charge is 0.548 e. The number of carboxylic acids is 3. The van der Waals surface area contributed by atoms with Gasteiger partial charge < -0.3 is 39.9 Å². The zero-order valence-corrected chi connectivity index (χ0v) is 29.5. The maximum Gasteiger partial charge on any atom is 1.00 e. The Morgan fingerprint density at radius 1 is 0.806 bits per heavy atom. The van der Waals surface area contributed by atoms with Crippen LogP contribution in [0.4, 0.5) is 4.79 Å². The van der Waals surface area contributed by atoms with E-state index in [1.807, 2.05) is 13.0 Å². The van der Waals surface area contributed by atoms with Crippen molar-refractivity contribution in [2.45, 2.75) is 59.4 Å². The fraction of sp³-hybridized carbons (Fsp3) is 0.565. The quantitative estimate of drug-likeness (QED) is 0.113. The normalized spacial score (nSPS) is 11.6. The van der Waals surface area contributed by atoms with Crippen LogP contribution in [0.2, 0.25) is 0 Å². The zero-order chi connectivity index (χ0) is 25.4. The second-order valence-electron chi connectivity index (χ2n) is 7.92. The molecule has 2 amide bonds. The number of nitrogens with one attached hydrogen (secondary N) is 1. The summed E-state index contributed by atoms with van der Waals surface area (Å²) in [6.07, 6.45) is 10.3. The molecule has 0 aromatic rings. The van der Waals surface area contributed by atoms with E-state index in [1.54, 1.807) is 0 Å². The number of allylic oxidation sites excluding steroid dienone is 5. The van der Waals surface area contributed by atoms with Crippen LogP contribution in [0.5, 0.6) is 0 Å². The molecular weight excluding hydrogens is 517 g/mol. The van der Waals surface area contributed by atoms with Gasteiger partial charge in [-0.1, -0.05) is 34.9 Å². The molecule has 0 aliphatic carbocycles. The van der Waals surface area contributed by atoms with Crippen LogP contribution in [0.1, 0.15) is 53.4 Å². The first-order valence-electron chi connectivity index (χ1n) is 10.6. The number of urea groups is 1. The Hall–Kier alpha value is 0.250. The Morgan fingerprint density at radius 2 is 1.28 bits per heavy atom. The molecule has 0 bridgehead atoms. The van der Waals surface area contributed by atoms with Gasteiger partial charge >= 0.3 is 94.7 Å². The summed E-state index contributed by atoms with van der Waals surface area (Å²) in [4.78, 5) is 45.1. The summed E-state index contributed by atoms with van der Waals surface area (Å²) in [6, 6.07) is -2.59. The van der Waals surface area contributed by atoms with Gasteiger partial charge in [0.05, 0.1) is 37.0 Å². The van der Waals surface area contributed by atoms with Crippen LogP contribution in [0.3, 0.4) is 0 Å². The summed E-state index contributed by atoms with van der Waals surface area (Å²) >= 11 is 1.24. The average Bonchev–Trinajstić information content (AvgIpc) is 2.68. The Morgan fingerprint density at radius 3 is 1.72 bits per heavy atom. The molecule has 0 aliphatic heterocycles.